The highest BCUT2D eigenvalue weighted by molar-refractivity contribution is 5.79. The third-order valence-electron chi connectivity index (χ3n) is 4.64. The van der Waals surface area contributed by atoms with Crippen molar-refractivity contribution in [1.82, 2.24) is 28.7 Å². The molecule has 4 aromatic rings. The summed E-state index contributed by atoms with van der Waals surface area (Å²) >= 11 is 0. The zero-order valence-corrected chi connectivity index (χ0v) is 16.1. The highest BCUT2D eigenvalue weighted by atomic mass is 16.3. The minimum atomic E-state index is -0.609. The Hall–Kier alpha value is -3.46. The van der Waals surface area contributed by atoms with Crippen molar-refractivity contribution in [1.29, 1.82) is 0 Å². The number of aliphatic hydroxyl groups is 1. The summed E-state index contributed by atoms with van der Waals surface area (Å²) in [4.78, 5) is 21.8. The molecule has 1 aromatic carbocycles. The van der Waals surface area contributed by atoms with Crippen molar-refractivity contribution < 1.29 is 15.0 Å². The molecule has 4 rings (SSSR count). The Kier molecular flexibility index (Phi) is 5.27. The van der Waals surface area contributed by atoms with Crippen LogP contribution in [0.1, 0.15) is 24.7 Å². The fraction of sp³-hybridized carbons (Fsp3) is 0.263. The van der Waals surface area contributed by atoms with Crippen LogP contribution in [0.4, 0.5) is 0 Å². The zero-order valence-electron chi connectivity index (χ0n) is 16.1. The van der Waals surface area contributed by atoms with Crippen molar-refractivity contribution >= 4 is 17.5 Å². The van der Waals surface area contributed by atoms with Crippen molar-refractivity contribution in [2.24, 2.45) is 14.1 Å². The van der Waals surface area contributed by atoms with E-state index < -0.39 is 6.10 Å². The predicted molar refractivity (Wildman–Crippen MR) is 104 cm³/mol. The quantitative estimate of drug-likeness (QED) is 0.526. The largest absolute Gasteiger partial charge is 0.483 e. The number of hydrogen-bond donors (Lipinski definition) is 2. The third kappa shape index (κ3) is 3.27. The maximum absolute atomic E-state index is 9.88. The van der Waals surface area contributed by atoms with Gasteiger partial charge in [0.25, 0.3) is 6.47 Å². The summed E-state index contributed by atoms with van der Waals surface area (Å²) in [6.45, 7) is 3.44. The average Bonchev–Trinajstić information content (AvgIpc) is 3.35. The molecule has 3 heterocycles. The molecule has 0 spiro atoms. The van der Waals surface area contributed by atoms with Crippen LogP contribution in [0.5, 0.6) is 0 Å². The number of imidazole rings is 3. The summed E-state index contributed by atoms with van der Waals surface area (Å²) in [5, 5.41) is 16.8. The van der Waals surface area contributed by atoms with Gasteiger partial charge in [0.15, 0.2) is 5.82 Å². The molecular formula is C19H22N6O3. The van der Waals surface area contributed by atoms with Crippen LogP contribution >= 0.6 is 0 Å². The molecule has 9 heteroatoms. The van der Waals surface area contributed by atoms with Crippen molar-refractivity contribution in [3.8, 4) is 17.2 Å². The van der Waals surface area contributed by atoms with Gasteiger partial charge in [-0.2, -0.15) is 0 Å². The Bertz CT molecular complexity index is 1120. The van der Waals surface area contributed by atoms with E-state index in [0.717, 1.165) is 34.1 Å². The minimum absolute atomic E-state index is 0.250. The van der Waals surface area contributed by atoms with E-state index in [2.05, 4.69) is 15.0 Å². The molecule has 0 fully saturated rings. The highest BCUT2D eigenvalue weighted by Crippen LogP contribution is 2.26. The van der Waals surface area contributed by atoms with Gasteiger partial charge in [-0.05, 0) is 32.0 Å². The van der Waals surface area contributed by atoms with Crippen LogP contribution in [0.3, 0.4) is 0 Å². The number of carboxylic acid groups (broad SMARTS) is 1. The maximum atomic E-state index is 9.88. The molecule has 0 saturated carbocycles. The first-order chi connectivity index (χ1) is 13.4. The predicted octanol–water partition coefficient (Wildman–Crippen LogP) is 2.22. The summed E-state index contributed by atoms with van der Waals surface area (Å²) in [5.74, 6) is 2.42. The molecule has 9 nitrogen and oxygen atoms in total. The molecular weight excluding hydrogens is 360 g/mol. The van der Waals surface area contributed by atoms with Crippen molar-refractivity contribution in [2.75, 3.05) is 0 Å². The first-order valence-electron chi connectivity index (χ1n) is 8.63. The second-order valence-corrected chi connectivity index (χ2v) is 6.35. The Labute approximate surface area is 161 Å². The number of aliphatic hydroxyl groups excluding tert-OH is 1. The van der Waals surface area contributed by atoms with E-state index in [1.165, 1.54) is 0 Å². The van der Waals surface area contributed by atoms with E-state index >= 15 is 0 Å². The van der Waals surface area contributed by atoms with E-state index in [-0.39, 0.29) is 6.47 Å². The summed E-state index contributed by atoms with van der Waals surface area (Å²) < 4.78 is 5.96. The smallest absolute Gasteiger partial charge is 0.290 e. The molecule has 0 aliphatic heterocycles. The van der Waals surface area contributed by atoms with Crippen molar-refractivity contribution in [2.45, 2.75) is 20.0 Å². The monoisotopic (exact) mass is 382 g/mol. The molecule has 0 amide bonds. The van der Waals surface area contributed by atoms with E-state index in [0.29, 0.717) is 5.82 Å². The summed E-state index contributed by atoms with van der Waals surface area (Å²) in [5.41, 5.74) is 3.75. The van der Waals surface area contributed by atoms with Crippen molar-refractivity contribution in [3.63, 3.8) is 0 Å². The van der Waals surface area contributed by atoms with Gasteiger partial charge in [0.2, 0.25) is 0 Å². The third-order valence-corrected chi connectivity index (χ3v) is 4.64. The fourth-order valence-corrected chi connectivity index (χ4v) is 3.14. The molecule has 0 aliphatic rings. The molecule has 2 N–H and O–H groups in total. The number of fused-ring (bicyclic) bond motifs is 1. The van der Waals surface area contributed by atoms with Gasteiger partial charge in [0, 0.05) is 32.2 Å². The number of benzene rings is 1. The fourth-order valence-electron chi connectivity index (χ4n) is 3.14. The van der Waals surface area contributed by atoms with Gasteiger partial charge in [-0.1, -0.05) is 0 Å². The molecule has 1 atom stereocenters. The number of hydrogen-bond acceptors (Lipinski definition) is 5. The molecule has 0 saturated heterocycles. The molecule has 0 bridgehead atoms. The van der Waals surface area contributed by atoms with E-state index in [1.54, 1.807) is 13.1 Å². The molecule has 1 unspecified atom stereocenters. The minimum Gasteiger partial charge on any atom is -0.483 e. The highest BCUT2D eigenvalue weighted by Gasteiger charge is 2.16. The number of aryl methyl sites for hydroxylation is 2. The normalized spacial score (nSPS) is 11.9. The Balaban J connectivity index is 0.000000706. The number of carbonyl (C=O) groups is 1. The summed E-state index contributed by atoms with van der Waals surface area (Å²) in [7, 11) is 3.89. The first-order valence-corrected chi connectivity index (χ1v) is 8.63. The van der Waals surface area contributed by atoms with Crippen LogP contribution in [0, 0.1) is 6.92 Å². The lowest BCUT2D eigenvalue weighted by Crippen LogP contribution is -2.02. The molecule has 0 radical (unpaired) electrons. The van der Waals surface area contributed by atoms with Crippen LogP contribution < -0.4 is 0 Å². The lowest BCUT2D eigenvalue weighted by molar-refractivity contribution is -0.122. The second-order valence-electron chi connectivity index (χ2n) is 6.35. The summed E-state index contributed by atoms with van der Waals surface area (Å²) in [6, 6.07) is 6.06. The van der Waals surface area contributed by atoms with Gasteiger partial charge < -0.3 is 19.3 Å². The first kappa shape index (κ1) is 19.3. The van der Waals surface area contributed by atoms with Crippen LogP contribution in [0.15, 0.2) is 36.8 Å². The number of aromatic nitrogens is 6. The SMILES string of the molecule is Cc1ncc(-c2nccn2-c2ccc3c(c2)nc(C(C)O)n3C)n1C.O=CO. The van der Waals surface area contributed by atoms with Crippen LogP contribution in [-0.4, -0.2) is 45.3 Å². The Morgan fingerprint density at radius 3 is 2.50 bits per heavy atom. The van der Waals surface area contributed by atoms with E-state index in [9.17, 15) is 5.11 Å². The van der Waals surface area contributed by atoms with Gasteiger partial charge in [-0.3, -0.25) is 9.36 Å². The van der Waals surface area contributed by atoms with Gasteiger partial charge >= 0.3 is 0 Å². The molecule has 3 aromatic heterocycles. The molecule has 28 heavy (non-hydrogen) atoms. The van der Waals surface area contributed by atoms with Crippen LogP contribution in [-0.2, 0) is 18.9 Å². The maximum Gasteiger partial charge on any atom is 0.290 e. The van der Waals surface area contributed by atoms with Gasteiger partial charge in [0.1, 0.15) is 23.4 Å². The lowest BCUT2D eigenvalue weighted by Gasteiger charge is -2.09. The van der Waals surface area contributed by atoms with E-state index in [4.69, 9.17) is 9.90 Å². The Morgan fingerprint density at radius 2 is 1.89 bits per heavy atom. The average molecular weight is 382 g/mol. The van der Waals surface area contributed by atoms with E-state index in [1.807, 2.05) is 65.3 Å². The molecule has 146 valence electrons. The van der Waals surface area contributed by atoms with Crippen molar-refractivity contribution in [3.05, 3.63) is 48.4 Å². The second kappa shape index (κ2) is 7.65. The van der Waals surface area contributed by atoms with Gasteiger partial charge in [0.05, 0.1) is 17.2 Å². The Morgan fingerprint density at radius 1 is 1.18 bits per heavy atom. The lowest BCUT2D eigenvalue weighted by atomic mass is 10.2. The van der Waals surface area contributed by atoms with Crippen LogP contribution in [0.2, 0.25) is 0 Å². The zero-order chi connectivity index (χ0) is 20.4. The van der Waals surface area contributed by atoms with Gasteiger partial charge in [-0.25, -0.2) is 15.0 Å². The van der Waals surface area contributed by atoms with Crippen LogP contribution in [0.25, 0.3) is 28.2 Å². The molecule has 0 aliphatic carbocycles. The standard InChI is InChI=1S/C18H20N6O.CH2O2/c1-11(25)17-21-14-9-13(5-6-15(14)23(17)4)24-8-7-19-18(24)16-10-20-12(2)22(16)3;2-1-3/h5-11,25H,1-4H3;1H,(H,2,3). The van der Waals surface area contributed by atoms with Gasteiger partial charge in [-0.15, -0.1) is 0 Å². The summed E-state index contributed by atoms with van der Waals surface area (Å²) in [6.07, 6.45) is 4.93. The number of rotatable bonds is 3. The topological polar surface area (TPSA) is 111 Å². The number of nitrogens with zero attached hydrogens (tertiary/aromatic N) is 6.